The van der Waals surface area contributed by atoms with Crippen LogP contribution >= 0.6 is 0 Å². The molecular formula is C7H9N3. The molecule has 1 aliphatic carbocycles. The van der Waals surface area contributed by atoms with Crippen molar-refractivity contribution in [2.75, 3.05) is 7.05 Å². The monoisotopic (exact) mass is 135 g/mol. The van der Waals surface area contributed by atoms with Crippen LogP contribution in [-0.4, -0.2) is 23.8 Å². The van der Waals surface area contributed by atoms with Crippen molar-refractivity contribution in [1.82, 2.24) is 10.5 Å². The standard InChI is InChI=1S/C7H9N3/c1-10-7-5-3-2-4-6(7)8-9-10/h2-5,7,9H,1H3. The molecule has 0 saturated heterocycles. The number of allylic oxidation sites excluding steroid dienone is 2. The summed E-state index contributed by atoms with van der Waals surface area (Å²) in [5.74, 6) is 0. The third kappa shape index (κ3) is 0.675. The average molecular weight is 135 g/mol. The fourth-order valence-corrected chi connectivity index (χ4v) is 1.15. The number of hydrogen-bond donors (Lipinski definition) is 1. The van der Waals surface area contributed by atoms with Crippen molar-refractivity contribution in [3.05, 3.63) is 24.3 Å². The molecule has 0 amide bonds. The van der Waals surface area contributed by atoms with Crippen molar-refractivity contribution < 1.29 is 0 Å². The van der Waals surface area contributed by atoms with Gasteiger partial charge in [0.1, 0.15) is 0 Å². The van der Waals surface area contributed by atoms with E-state index in [9.17, 15) is 0 Å². The number of hydrazone groups is 1. The Morgan fingerprint density at radius 1 is 1.60 bits per heavy atom. The largest absolute Gasteiger partial charge is 0.239 e. The number of nitrogens with zero attached hydrogens (tertiary/aromatic N) is 2. The first-order valence-corrected chi connectivity index (χ1v) is 3.29. The van der Waals surface area contributed by atoms with Crippen LogP contribution in [0.4, 0.5) is 0 Å². The van der Waals surface area contributed by atoms with Gasteiger partial charge in [-0.3, -0.25) is 0 Å². The highest BCUT2D eigenvalue weighted by Crippen LogP contribution is 2.10. The minimum absolute atomic E-state index is 0.338. The maximum absolute atomic E-state index is 4.09. The van der Waals surface area contributed by atoms with E-state index in [1.807, 2.05) is 30.3 Å². The molecule has 2 aliphatic rings. The van der Waals surface area contributed by atoms with Gasteiger partial charge in [0.2, 0.25) is 0 Å². The van der Waals surface area contributed by atoms with Gasteiger partial charge in [-0.25, -0.2) is 5.53 Å². The molecule has 0 radical (unpaired) electrons. The SMILES string of the molecule is CN1NN=C2C=CC=CC21. The van der Waals surface area contributed by atoms with Gasteiger partial charge in [0, 0.05) is 7.05 Å². The zero-order valence-corrected chi connectivity index (χ0v) is 5.78. The van der Waals surface area contributed by atoms with Gasteiger partial charge < -0.3 is 0 Å². The minimum atomic E-state index is 0.338. The van der Waals surface area contributed by atoms with E-state index in [0.717, 1.165) is 5.71 Å². The first-order valence-electron chi connectivity index (χ1n) is 3.29. The summed E-state index contributed by atoms with van der Waals surface area (Å²) >= 11 is 0. The second-order valence-corrected chi connectivity index (χ2v) is 2.44. The molecule has 3 heteroatoms. The Morgan fingerprint density at radius 2 is 2.50 bits per heavy atom. The molecule has 0 aromatic carbocycles. The highest BCUT2D eigenvalue weighted by atomic mass is 15.7. The Labute approximate surface area is 59.7 Å². The van der Waals surface area contributed by atoms with Crippen LogP contribution in [0, 0.1) is 0 Å². The van der Waals surface area contributed by atoms with Gasteiger partial charge in [0.25, 0.3) is 0 Å². The van der Waals surface area contributed by atoms with Crippen LogP contribution in [0.5, 0.6) is 0 Å². The van der Waals surface area contributed by atoms with Crippen molar-refractivity contribution in [3.8, 4) is 0 Å². The summed E-state index contributed by atoms with van der Waals surface area (Å²) in [6.07, 6.45) is 8.16. The zero-order chi connectivity index (χ0) is 6.97. The second kappa shape index (κ2) is 1.95. The molecule has 3 nitrogen and oxygen atoms in total. The van der Waals surface area contributed by atoms with Gasteiger partial charge in [0.15, 0.2) is 0 Å². The van der Waals surface area contributed by atoms with Gasteiger partial charge in [-0.05, 0) is 6.08 Å². The third-order valence-electron chi connectivity index (χ3n) is 1.73. The summed E-state index contributed by atoms with van der Waals surface area (Å²) in [7, 11) is 1.98. The Hall–Kier alpha value is -1.09. The van der Waals surface area contributed by atoms with Crippen molar-refractivity contribution >= 4 is 5.71 Å². The van der Waals surface area contributed by atoms with E-state index in [0.29, 0.717) is 6.04 Å². The molecule has 1 N–H and O–H groups in total. The molecule has 0 bridgehead atoms. The Morgan fingerprint density at radius 3 is 3.30 bits per heavy atom. The van der Waals surface area contributed by atoms with E-state index in [-0.39, 0.29) is 0 Å². The molecule has 52 valence electrons. The normalized spacial score (nSPS) is 29.7. The summed E-state index contributed by atoms with van der Waals surface area (Å²) in [5.41, 5.74) is 3.97. The number of hydrogen-bond acceptors (Lipinski definition) is 3. The fraction of sp³-hybridized carbons (Fsp3) is 0.286. The smallest absolute Gasteiger partial charge is 0.0926 e. The maximum Gasteiger partial charge on any atom is 0.0926 e. The van der Waals surface area contributed by atoms with Gasteiger partial charge >= 0.3 is 0 Å². The topological polar surface area (TPSA) is 27.6 Å². The van der Waals surface area contributed by atoms with Crippen molar-refractivity contribution in [2.45, 2.75) is 6.04 Å². The predicted octanol–water partition coefficient (Wildman–Crippen LogP) is 0.287. The molecule has 1 aliphatic heterocycles. The van der Waals surface area contributed by atoms with Gasteiger partial charge in [0.05, 0.1) is 11.8 Å². The molecule has 1 unspecified atom stereocenters. The van der Waals surface area contributed by atoms with E-state index in [1.54, 1.807) is 0 Å². The predicted molar refractivity (Wildman–Crippen MR) is 40.4 cm³/mol. The molecule has 1 heterocycles. The summed E-state index contributed by atoms with van der Waals surface area (Å²) in [6.45, 7) is 0. The first-order chi connectivity index (χ1) is 4.88. The Balaban J connectivity index is 2.30. The van der Waals surface area contributed by atoms with Crippen LogP contribution in [0.2, 0.25) is 0 Å². The second-order valence-electron chi connectivity index (χ2n) is 2.44. The van der Waals surface area contributed by atoms with Crippen LogP contribution in [0.25, 0.3) is 0 Å². The fourth-order valence-electron chi connectivity index (χ4n) is 1.15. The van der Waals surface area contributed by atoms with Crippen LogP contribution < -0.4 is 5.53 Å². The summed E-state index contributed by atoms with van der Waals surface area (Å²) in [5, 5.41) is 6.06. The lowest BCUT2D eigenvalue weighted by molar-refractivity contribution is 0.264. The van der Waals surface area contributed by atoms with Gasteiger partial charge in [-0.2, -0.15) is 10.1 Å². The molecule has 2 rings (SSSR count). The van der Waals surface area contributed by atoms with Crippen LogP contribution in [-0.2, 0) is 0 Å². The molecule has 0 spiro atoms. The molecular weight excluding hydrogens is 126 g/mol. The highest BCUT2D eigenvalue weighted by molar-refractivity contribution is 6.02. The van der Waals surface area contributed by atoms with E-state index in [2.05, 4.69) is 16.7 Å². The minimum Gasteiger partial charge on any atom is -0.239 e. The molecule has 10 heavy (non-hydrogen) atoms. The third-order valence-corrected chi connectivity index (χ3v) is 1.73. The number of nitrogens with one attached hydrogen (secondary N) is 1. The molecule has 0 aromatic rings. The van der Waals surface area contributed by atoms with E-state index < -0.39 is 0 Å². The number of hydrazine groups is 1. The lowest BCUT2D eigenvalue weighted by Crippen LogP contribution is -2.35. The summed E-state index contributed by atoms with van der Waals surface area (Å²) in [6, 6.07) is 0.338. The van der Waals surface area contributed by atoms with Gasteiger partial charge in [-0.15, -0.1) is 0 Å². The lowest BCUT2D eigenvalue weighted by atomic mass is 10.1. The van der Waals surface area contributed by atoms with Crippen molar-refractivity contribution in [3.63, 3.8) is 0 Å². The van der Waals surface area contributed by atoms with Crippen molar-refractivity contribution in [1.29, 1.82) is 0 Å². The Kier molecular flexibility index (Phi) is 1.11. The molecule has 0 aromatic heterocycles. The van der Waals surface area contributed by atoms with Crippen LogP contribution in [0.3, 0.4) is 0 Å². The first kappa shape index (κ1) is 5.68. The quantitative estimate of drug-likeness (QED) is 0.517. The van der Waals surface area contributed by atoms with Crippen LogP contribution in [0.1, 0.15) is 0 Å². The molecule has 0 saturated carbocycles. The van der Waals surface area contributed by atoms with Crippen molar-refractivity contribution in [2.24, 2.45) is 5.10 Å². The van der Waals surface area contributed by atoms with Crippen LogP contribution in [0.15, 0.2) is 29.4 Å². The zero-order valence-electron chi connectivity index (χ0n) is 5.78. The lowest BCUT2D eigenvalue weighted by Gasteiger charge is -2.15. The van der Waals surface area contributed by atoms with E-state index >= 15 is 0 Å². The Bertz CT molecular complexity index is 227. The maximum atomic E-state index is 4.09. The summed E-state index contributed by atoms with van der Waals surface area (Å²) in [4.78, 5) is 0. The van der Waals surface area contributed by atoms with Gasteiger partial charge in [-0.1, -0.05) is 18.2 Å². The van der Waals surface area contributed by atoms with E-state index in [4.69, 9.17) is 0 Å². The summed E-state index contributed by atoms with van der Waals surface area (Å²) < 4.78 is 0. The molecule has 0 fully saturated rings. The number of likely N-dealkylation sites (N-methyl/N-ethyl adjacent to an activating group) is 1. The highest BCUT2D eigenvalue weighted by Gasteiger charge is 2.22. The average Bonchev–Trinajstić information content (AvgIpc) is 2.34. The number of fused-ring (bicyclic) bond motifs is 1. The molecule has 1 atom stereocenters. The van der Waals surface area contributed by atoms with E-state index in [1.165, 1.54) is 0 Å². The number of rotatable bonds is 0.